The Bertz CT molecular complexity index is 433. The van der Waals surface area contributed by atoms with E-state index in [2.05, 4.69) is 12.2 Å². The Morgan fingerprint density at radius 2 is 2.00 bits per heavy atom. The Kier molecular flexibility index (Phi) is 5.02. The fourth-order valence-corrected chi connectivity index (χ4v) is 1.59. The maximum absolute atomic E-state index is 12.7. The van der Waals surface area contributed by atoms with Crippen LogP contribution < -0.4 is 5.32 Å². The lowest BCUT2D eigenvalue weighted by Gasteiger charge is -2.12. The van der Waals surface area contributed by atoms with E-state index < -0.39 is 11.7 Å². The first-order chi connectivity index (χ1) is 8.49. The summed E-state index contributed by atoms with van der Waals surface area (Å²) < 4.78 is 38.0. The van der Waals surface area contributed by atoms with Crippen molar-refractivity contribution in [1.82, 2.24) is 0 Å². The normalized spacial score (nSPS) is 11.1. The van der Waals surface area contributed by atoms with Crippen LogP contribution >= 0.6 is 0 Å². The lowest BCUT2D eigenvalue weighted by molar-refractivity contribution is -0.137. The Hall–Kier alpha value is -1.70. The van der Waals surface area contributed by atoms with E-state index in [1.54, 1.807) is 6.07 Å². The van der Waals surface area contributed by atoms with Crippen LogP contribution in [0.15, 0.2) is 18.2 Å². The molecule has 0 fully saturated rings. The number of anilines is 1. The standard InChI is InChI=1S/C13H15F3N2/c1-2-3-4-7-18-11-6-5-10(9-17)12(8-11)13(14,15)16/h5-6,8,18H,2-4,7H2,1H3. The second-order valence-corrected chi connectivity index (χ2v) is 4.00. The van der Waals surface area contributed by atoms with Gasteiger partial charge in [0.05, 0.1) is 17.2 Å². The smallest absolute Gasteiger partial charge is 0.385 e. The van der Waals surface area contributed by atoms with Crippen LogP contribution in [-0.2, 0) is 6.18 Å². The fourth-order valence-electron chi connectivity index (χ4n) is 1.59. The van der Waals surface area contributed by atoms with Crippen LogP contribution in [0.25, 0.3) is 0 Å². The number of nitriles is 1. The molecule has 0 radical (unpaired) electrons. The molecule has 5 heteroatoms. The summed E-state index contributed by atoms with van der Waals surface area (Å²) in [6.45, 7) is 2.69. The SMILES string of the molecule is CCCCCNc1ccc(C#N)c(C(F)(F)F)c1. The summed E-state index contributed by atoms with van der Waals surface area (Å²) in [5.74, 6) is 0. The molecule has 0 atom stereocenters. The van der Waals surface area contributed by atoms with E-state index in [0.29, 0.717) is 12.2 Å². The van der Waals surface area contributed by atoms with Gasteiger partial charge in [0.2, 0.25) is 0 Å². The van der Waals surface area contributed by atoms with Crippen molar-refractivity contribution in [3.8, 4) is 6.07 Å². The maximum atomic E-state index is 12.7. The number of hydrogen-bond donors (Lipinski definition) is 1. The topological polar surface area (TPSA) is 35.8 Å². The van der Waals surface area contributed by atoms with E-state index in [0.717, 1.165) is 25.3 Å². The molecule has 0 aliphatic rings. The fraction of sp³-hybridized carbons (Fsp3) is 0.462. The number of nitrogens with zero attached hydrogens (tertiary/aromatic N) is 1. The Morgan fingerprint density at radius 1 is 1.28 bits per heavy atom. The van der Waals surface area contributed by atoms with Gasteiger partial charge in [-0.25, -0.2) is 0 Å². The molecule has 0 aliphatic carbocycles. The van der Waals surface area contributed by atoms with Crippen LogP contribution in [0, 0.1) is 11.3 Å². The van der Waals surface area contributed by atoms with Crippen molar-refractivity contribution in [2.45, 2.75) is 32.4 Å². The van der Waals surface area contributed by atoms with Crippen molar-refractivity contribution in [3.05, 3.63) is 29.3 Å². The van der Waals surface area contributed by atoms with Crippen molar-refractivity contribution < 1.29 is 13.2 Å². The summed E-state index contributed by atoms with van der Waals surface area (Å²) in [5.41, 5.74) is -0.829. The van der Waals surface area contributed by atoms with Gasteiger partial charge in [-0.05, 0) is 24.6 Å². The number of benzene rings is 1. The first-order valence-corrected chi connectivity index (χ1v) is 5.84. The molecule has 0 unspecified atom stereocenters. The van der Waals surface area contributed by atoms with E-state index in [-0.39, 0.29) is 5.56 Å². The summed E-state index contributed by atoms with van der Waals surface area (Å²) in [7, 11) is 0. The molecule has 98 valence electrons. The minimum absolute atomic E-state index is 0.346. The third-order valence-corrected chi connectivity index (χ3v) is 2.55. The number of alkyl halides is 3. The average molecular weight is 256 g/mol. The summed E-state index contributed by atoms with van der Waals surface area (Å²) in [4.78, 5) is 0. The highest BCUT2D eigenvalue weighted by Gasteiger charge is 2.33. The predicted molar refractivity (Wildman–Crippen MR) is 64.2 cm³/mol. The lowest BCUT2D eigenvalue weighted by atomic mass is 10.1. The second kappa shape index (κ2) is 6.29. The summed E-state index contributed by atoms with van der Waals surface area (Å²) in [5, 5.41) is 11.6. The van der Waals surface area contributed by atoms with E-state index in [1.807, 2.05) is 0 Å². The molecule has 1 rings (SSSR count). The second-order valence-electron chi connectivity index (χ2n) is 4.00. The predicted octanol–water partition coefficient (Wildman–Crippen LogP) is 4.18. The molecule has 1 aromatic carbocycles. The van der Waals surface area contributed by atoms with Crippen molar-refractivity contribution in [2.75, 3.05) is 11.9 Å². The lowest BCUT2D eigenvalue weighted by Crippen LogP contribution is -2.09. The minimum atomic E-state index is -4.49. The molecule has 0 saturated carbocycles. The van der Waals surface area contributed by atoms with Crippen molar-refractivity contribution in [3.63, 3.8) is 0 Å². The van der Waals surface area contributed by atoms with Gasteiger partial charge < -0.3 is 5.32 Å². The molecule has 0 saturated heterocycles. The molecule has 0 aliphatic heterocycles. The largest absolute Gasteiger partial charge is 0.417 e. The average Bonchev–Trinajstić information content (AvgIpc) is 2.33. The number of unbranched alkanes of at least 4 members (excludes halogenated alkanes) is 2. The van der Waals surface area contributed by atoms with Gasteiger partial charge in [-0.1, -0.05) is 19.8 Å². The molecule has 1 aromatic rings. The van der Waals surface area contributed by atoms with Crippen LogP contribution in [0.2, 0.25) is 0 Å². The van der Waals surface area contributed by atoms with Crippen LogP contribution in [0.4, 0.5) is 18.9 Å². The molecule has 0 aromatic heterocycles. The Labute approximate surface area is 104 Å². The molecular weight excluding hydrogens is 241 g/mol. The summed E-state index contributed by atoms with van der Waals surface area (Å²) in [6.07, 6.45) is -1.48. The molecule has 0 bridgehead atoms. The molecule has 18 heavy (non-hydrogen) atoms. The van der Waals surface area contributed by atoms with Gasteiger partial charge in [-0.15, -0.1) is 0 Å². The minimum Gasteiger partial charge on any atom is -0.385 e. The Morgan fingerprint density at radius 3 is 2.56 bits per heavy atom. The number of halogens is 3. The zero-order chi connectivity index (χ0) is 13.6. The van der Waals surface area contributed by atoms with Gasteiger partial charge in [-0.2, -0.15) is 18.4 Å². The summed E-state index contributed by atoms with van der Waals surface area (Å²) >= 11 is 0. The molecule has 0 spiro atoms. The van der Waals surface area contributed by atoms with Crippen LogP contribution in [-0.4, -0.2) is 6.54 Å². The third-order valence-electron chi connectivity index (χ3n) is 2.55. The monoisotopic (exact) mass is 256 g/mol. The highest BCUT2D eigenvalue weighted by molar-refractivity contribution is 5.53. The highest BCUT2D eigenvalue weighted by Crippen LogP contribution is 2.33. The zero-order valence-electron chi connectivity index (χ0n) is 10.1. The van der Waals surface area contributed by atoms with Crippen molar-refractivity contribution in [1.29, 1.82) is 5.26 Å². The van der Waals surface area contributed by atoms with E-state index in [1.165, 1.54) is 12.1 Å². The van der Waals surface area contributed by atoms with Crippen LogP contribution in [0.1, 0.15) is 37.3 Å². The summed E-state index contributed by atoms with van der Waals surface area (Å²) in [6, 6.07) is 5.25. The van der Waals surface area contributed by atoms with Gasteiger partial charge in [0.1, 0.15) is 0 Å². The van der Waals surface area contributed by atoms with Gasteiger partial charge in [0.15, 0.2) is 0 Å². The molecule has 0 heterocycles. The molecule has 1 N–H and O–H groups in total. The van der Waals surface area contributed by atoms with Gasteiger partial charge >= 0.3 is 6.18 Å². The van der Waals surface area contributed by atoms with Crippen LogP contribution in [0.3, 0.4) is 0 Å². The zero-order valence-corrected chi connectivity index (χ0v) is 10.1. The maximum Gasteiger partial charge on any atom is 0.417 e. The first-order valence-electron chi connectivity index (χ1n) is 5.84. The quantitative estimate of drug-likeness (QED) is 0.802. The number of hydrogen-bond acceptors (Lipinski definition) is 2. The van der Waals surface area contributed by atoms with Gasteiger partial charge in [0, 0.05) is 12.2 Å². The van der Waals surface area contributed by atoms with E-state index in [9.17, 15) is 13.2 Å². The molecular formula is C13H15F3N2. The molecule has 0 amide bonds. The van der Waals surface area contributed by atoms with E-state index >= 15 is 0 Å². The van der Waals surface area contributed by atoms with Gasteiger partial charge in [-0.3, -0.25) is 0 Å². The van der Waals surface area contributed by atoms with Crippen molar-refractivity contribution >= 4 is 5.69 Å². The Balaban J connectivity index is 2.81. The van der Waals surface area contributed by atoms with Gasteiger partial charge in [0.25, 0.3) is 0 Å². The number of rotatable bonds is 5. The first kappa shape index (κ1) is 14.4. The molecule has 2 nitrogen and oxygen atoms in total. The van der Waals surface area contributed by atoms with Crippen molar-refractivity contribution in [2.24, 2.45) is 0 Å². The number of nitrogens with one attached hydrogen (secondary N) is 1. The van der Waals surface area contributed by atoms with E-state index in [4.69, 9.17) is 5.26 Å². The third kappa shape index (κ3) is 3.95. The van der Waals surface area contributed by atoms with Crippen LogP contribution in [0.5, 0.6) is 0 Å². The highest BCUT2D eigenvalue weighted by atomic mass is 19.4.